The lowest BCUT2D eigenvalue weighted by atomic mass is 10.1. The summed E-state index contributed by atoms with van der Waals surface area (Å²) in [6.45, 7) is 9.17. The van der Waals surface area contributed by atoms with Gasteiger partial charge >= 0.3 is 0 Å². The van der Waals surface area contributed by atoms with Gasteiger partial charge in [-0.15, -0.1) is 12.4 Å². The van der Waals surface area contributed by atoms with Gasteiger partial charge in [0.2, 0.25) is 0 Å². The quantitative estimate of drug-likeness (QED) is 0.490. The number of hydrogen-bond donors (Lipinski definition) is 2. The SMILES string of the molecule is C=CC(=O)NNC(C)(C)C.Cl. The summed E-state index contributed by atoms with van der Waals surface area (Å²) in [4.78, 5) is 10.6. The molecule has 0 saturated heterocycles. The van der Waals surface area contributed by atoms with E-state index in [0.717, 1.165) is 0 Å². The zero-order valence-electron chi connectivity index (χ0n) is 7.10. The minimum atomic E-state index is -0.213. The highest BCUT2D eigenvalue weighted by Crippen LogP contribution is 1.94. The number of carbonyl (C=O) groups excluding carboxylic acids is 1. The fourth-order valence-corrected chi connectivity index (χ4v) is 0.300. The molecule has 0 aromatic heterocycles. The van der Waals surface area contributed by atoms with Gasteiger partial charge in [-0.05, 0) is 26.8 Å². The highest BCUT2D eigenvalue weighted by Gasteiger charge is 2.08. The molecule has 2 N–H and O–H groups in total. The zero-order chi connectivity index (χ0) is 8.20. The topological polar surface area (TPSA) is 41.1 Å². The molecule has 0 bridgehead atoms. The van der Waals surface area contributed by atoms with E-state index in [2.05, 4.69) is 17.4 Å². The van der Waals surface area contributed by atoms with E-state index in [0.29, 0.717) is 0 Å². The number of carbonyl (C=O) groups is 1. The Morgan fingerprint density at radius 2 is 1.91 bits per heavy atom. The maximum atomic E-state index is 10.6. The average molecular weight is 179 g/mol. The third-order valence-electron chi connectivity index (χ3n) is 0.746. The van der Waals surface area contributed by atoms with Crippen molar-refractivity contribution in [1.82, 2.24) is 10.9 Å². The summed E-state index contributed by atoms with van der Waals surface area (Å²) >= 11 is 0. The number of halogens is 1. The van der Waals surface area contributed by atoms with Gasteiger partial charge in [0, 0.05) is 5.54 Å². The fourth-order valence-electron chi connectivity index (χ4n) is 0.300. The second-order valence-corrected chi connectivity index (χ2v) is 3.07. The largest absolute Gasteiger partial charge is 0.287 e. The number of rotatable bonds is 2. The van der Waals surface area contributed by atoms with Gasteiger partial charge in [-0.3, -0.25) is 10.2 Å². The summed E-state index contributed by atoms with van der Waals surface area (Å²) in [7, 11) is 0. The number of hydrogen-bond acceptors (Lipinski definition) is 2. The molecule has 0 aromatic rings. The van der Waals surface area contributed by atoms with Crippen molar-refractivity contribution in [3.63, 3.8) is 0 Å². The van der Waals surface area contributed by atoms with Crippen molar-refractivity contribution in [3.05, 3.63) is 12.7 Å². The van der Waals surface area contributed by atoms with Crippen molar-refractivity contribution in [2.24, 2.45) is 0 Å². The van der Waals surface area contributed by atoms with Gasteiger partial charge in [0.15, 0.2) is 0 Å². The van der Waals surface area contributed by atoms with E-state index in [1.165, 1.54) is 6.08 Å². The molecule has 0 aliphatic rings. The molecule has 0 aliphatic heterocycles. The predicted molar refractivity (Wildman–Crippen MR) is 48.5 cm³/mol. The molecular weight excluding hydrogens is 164 g/mol. The van der Waals surface area contributed by atoms with Crippen LogP contribution in [0.2, 0.25) is 0 Å². The average Bonchev–Trinajstić information content (AvgIpc) is 1.81. The van der Waals surface area contributed by atoms with Gasteiger partial charge in [-0.2, -0.15) is 0 Å². The van der Waals surface area contributed by atoms with Crippen LogP contribution in [0.5, 0.6) is 0 Å². The van der Waals surface area contributed by atoms with E-state index in [9.17, 15) is 4.79 Å². The molecule has 0 heterocycles. The molecule has 0 atom stereocenters. The lowest BCUT2D eigenvalue weighted by Gasteiger charge is -2.19. The third-order valence-corrected chi connectivity index (χ3v) is 0.746. The highest BCUT2D eigenvalue weighted by molar-refractivity contribution is 5.86. The molecule has 0 aliphatic carbocycles. The first kappa shape index (κ1) is 13.1. The molecule has 0 aromatic carbocycles. The van der Waals surface area contributed by atoms with E-state index in [4.69, 9.17) is 0 Å². The van der Waals surface area contributed by atoms with E-state index in [-0.39, 0.29) is 23.9 Å². The number of hydrazine groups is 1. The molecule has 11 heavy (non-hydrogen) atoms. The Kier molecular flexibility index (Phi) is 6.13. The zero-order valence-corrected chi connectivity index (χ0v) is 7.92. The first-order chi connectivity index (χ1) is 4.45. The summed E-state index contributed by atoms with van der Waals surface area (Å²) in [6.07, 6.45) is 1.22. The Morgan fingerprint density at radius 3 is 2.18 bits per heavy atom. The van der Waals surface area contributed by atoms with Gasteiger partial charge in [0.1, 0.15) is 0 Å². The molecule has 1 amide bonds. The summed E-state index contributed by atoms with van der Waals surface area (Å²) < 4.78 is 0. The molecule has 0 saturated carbocycles. The number of amides is 1. The van der Waals surface area contributed by atoms with Crippen LogP contribution in [0.25, 0.3) is 0 Å². The molecule has 3 nitrogen and oxygen atoms in total. The second kappa shape index (κ2) is 5.16. The van der Waals surface area contributed by atoms with Crippen molar-refractivity contribution < 1.29 is 4.79 Å². The summed E-state index contributed by atoms with van der Waals surface area (Å²) in [5.74, 6) is -0.213. The Balaban J connectivity index is 0. The molecule has 0 radical (unpaired) electrons. The Hall–Kier alpha value is -0.540. The Bertz CT molecular complexity index is 140. The molecule has 0 rings (SSSR count). The molecule has 4 heteroatoms. The van der Waals surface area contributed by atoms with Crippen LogP contribution in [-0.4, -0.2) is 11.4 Å². The van der Waals surface area contributed by atoms with E-state index < -0.39 is 0 Å². The van der Waals surface area contributed by atoms with Crippen LogP contribution in [-0.2, 0) is 4.79 Å². The van der Waals surface area contributed by atoms with E-state index >= 15 is 0 Å². The maximum absolute atomic E-state index is 10.6. The maximum Gasteiger partial charge on any atom is 0.257 e. The monoisotopic (exact) mass is 178 g/mol. The lowest BCUT2D eigenvalue weighted by Crippen LogP contribution is -2.48. The van der Waals surface area contributed by atoms with Gasteiger partial charge in [-0.25, -0.2) is 5.43 Å². The minimum Gasteiger partial charge on any atom is -0.287 e. The van der Waals surface area contributed by atoms with Crippen LogP contribution in [0, 0.1) is 0 Å². The van der Waals surface area contributed by atoms with Crippen molar-refractivity contribution in [2.45, 2.75) is 26.3 Å². The Labute approximate surface area is 73.6 Å². The second-order valence-electron chi connectivity index (χ2n) is 3.07. The molecule has 0 unspecified atom stereocenters. The van der Waals surface area contributed by atoms with Crippen molar-refractivity contribution in [1.29, 1.82) is 0 Å². The van der Waals surface area contributed by atoms with Crippen molar-refractivity contribution >= 4 is 18.3 Å². The van der Waals surface area contributed by atoms with Crippen molar-refractivity contribution in [3.8, 4) is 0 Å². The van der Waals surface area contributed by atoms with Gasteiger partial charge < -0.3 is 0 Å². The summed E-state index contributed by atoms with van der Waals surface area (Å²) in [5.41, 5.74) is 5.17. The molecule has 66 valence electrons. The van der Waals surface area contributed by atoms with E-state index in [1.54, 1.807) is 0 Å². The van der Waals surface area contributed by atoms with Crippen LogP contribution in [0.4, 0.5) is 0 Å². The Morgan fingerprint density at radius 1 is 1.45 bits per heavy atom. The first-order valence-electron chi connectivity index (χ1n) is 3.15. The van der Waals surface area contributed by atoms with Gasteiger partial charge in [0.05, 0.1) is 0 Å². The summed E-state index contributed by atoms with van der Waals surface area (Å²) in [6, 6.07) is 0. The van der Waals surface area contributed by atoms with Crippen LogP contribution >= 0.6 is 12.4 Å². The third kappa shape index (κ3) is 9.46. The fraction of sp³-hybridized carbons (Fsp3) is 0.571. The number of nitrogens with one attached hydrogen (secondary N) is 2. The minimum absolute atomic E-state index is 0. The molecule has 0 spiro atoms. The van der Waals surface area contributed by atoms with Gasteiger partial charge in [0.25, 0.3) is 5.91 Å². The van der Waals surface area contributed by atoms with Crippen LogP contribution in [0.1, 0.15) is 20.8 Å². The van der Waals surface area contributed by atoms with Gasteiger partial charge in [-0.1, -0.05) is 6.58 Å². The smallest absolute Gasteiger partial charge is 0.257 e. The highest BCUT2D eigenvalue weighted by atomic mass is 35.5. The van der Waals surface area contributed by atoms with E-state index in [1.807, 2.05) is 20.8 Å². The van der Waals surface area contributed by atoms with Crippen LogP contribution in [0.3, 0.4) is 0 Å². The normalized spacial score (nSPS) is 9.73. The predicted octanol–water partition coefficient (Wildman–Crippen LogP) is 1.01. The van der Waals surface area contributed by atoms with Crippen LogP contribution < -0.4 is 10.9 Å². The lowest BCUT2D eigenvalue weighted by molar-refractivity contribution is -0.117. The standard InChI is InChI=1S/C7H14N2O.ClH/c1-5-6(10)8-9-7(2,3)4;/h5,9H,1H2,2-4H3,(H,8,10);1H. The molecular formula is C7H15ClN2O. The van der Waals surface area contributed by atoms with Crippen LogP contribution in [0.15, 0.2) is 12.7 Å². The molecule has 0 fully saturated rings. The van der Waals surface area contributed by atoms with Crippen molar-refractivity contribution in [2.75, 3.05) is 0 Å². The summed E-state index contributed by atoms with van der Waals surface area (Å²) in [5, 5.41) is 0. The first-order valence-corrected chi connectivity index (χ1v) is 3.15.